The number of piperazine rings is 1. The van der Waals surface area contributed by atoms with Gasteiger partial charge in [-0.3, -0.25) is 4.90 Å². The molecule has 15 heavy (non-hydrogen) atoms. The Labute approximate surface area is 92.8 Å². The van der Waals surface area contributed by atoms with Gasteiger partial charge in [0.05, 0.1) is 0 Å². The van der Waals surface area contributed by atoms with Crippen molar-refractivity contribution in [3.05, 3.63) is 0 Å². The van der Waals surface area contributed by atoms with Gasteiger partial charge in [-0.1, -0.05) is 19.3 Å². The molecule has 2 aliphatic rings. The van der Waals surface area contributed by atoms with Crippen LogP contribution in [0.3, 0.4) is 0 Å². The Hall–Kier alpha value is -0.120. The summed E-state index contributed by atoms with van der Waals surface area (Å²) in [6.07, 6.45) is 6.61. The second kappa shape index (κ2) is 5.28. The van der Waals surface area contributed by atoms with Crippen molar-refractivity contribution in [3.8, 4) is 0 Å². The van der Waals surface area contributed by atoms with E-state index in [1.54, 1.807) is 0 Å². The first-order valence-corrected chi connectivity index (χ1v) is 6.43. The fourth-order valence-corrected chi connectivity index (χ4v) is 3.16. The molecule has 1 aliphatic carbocycles. The quantitative estimate of drug-likeness (QED) is 0.721. The number of nitrogens with one attached hydrogen (secondary N) is 1. The second-order valence-corrected chi connectivity index (χ2v) is 5.04. The van der Waals surface area contributed by atoms with Crippen LogP contribution in [0.2, 0.25) is 0 Å². The maximum Gasteiger partial charge on any atom is 0.104 e. The molecular formula is C12H24N2O. The Morgan fingerprint density at radius 3 is 2.67 bits per heavy atom. The SMILES string of the molecule is CC(O)N1CCNCC1C1CCCCC1. The van der Waals surface area contributed by atoms with E-state index in [2.05, 4.69) is 10.2 Å². The van der Waals surface area contributed by atoms with Crippen molar-refractivity contribution in [2.24, 2.45) is 5.92 Å². The third kappa shape index (κ3) is 2.71. The standard InChI is InChI=1S/C12H24N2O/c1-10(15)14-8-7-13-9-12(14)11-5-3-2-4-6-11/h10-13,15H,2-9H2,1H3. The van der Waals surface area contributed by atoms with Crippen molar-refractivity contribution >= 4 is 0 Å². The summed E-state index contributed by atoms with van der Waals surface area (Å²) in [5.41, 5.74) is 0. The van der Waals surface area contributed by atoms with Crippen LogP contribution in [-0.2, 0) is 0 Å². The first kappa shape index (κ1) is 11.4. The molecule has 1 saturated heterocycles. The zero-order valence-electron chi connectivity index (χ0n) is 9.78. The fraction of sp³-hybridized carbons (Fsp3) is 1.00. The minimum Gasteiger partial charge on any atom is -0.379 e. The minimum absolute atomic E-state index is 0.279. The zero-order valence-corrected chi connectivity index (χ0v) is 9.78. The van der Waals surface area contributed by atoms with Crippen LogP contribution in [0.25, 0.3) is 0 Å². The van der Waals surface area contributed by atoms with E-state index in [1.807, 2.05) is 6.92 Å². The Kier molecular flexibility index (Phi) is 4.00. The molecular weight excluding hydrogens is 188 g/mol. The largest absolute Gasteiger partial charge is 0.379 e. The van der Waals surface area contributed by atoms with Gasteiger partial charge < -0.3 is 10.4 Å². The van der Waals surface area contributed by atoms with E-state index in [0.717, 1.165) is 25.6 Å². The lowest BCUT2D eigenvalue weighted by atomic mass is 9.82. The van der Waals surface area contributed by atoms with Gasteiger partial charge in [0, 0.05) is 25.7 Å². The van der Waals surface area contributed by atoms with Crippen molar-refractivity contribution in [1.29, 1.82) is 0 Å². The van der Waals surface area contributed by atoms with Crippen LogP contribution in [0.4, 0.5) is 0 Å². The summed E-state index contributed by atoms with van der Waals surface area (Å²) in [6, 6.07) is 0.569. The Morgan fingerprint density at radius 2 is 2.00 bits per heavy atom. The maximum atomic E-state index is 9.78. The van der Waals surface area contributed by atoms with Crippen LogP contribution in [0.15, 0.2) is 0 Å². The lowest BCUT2D eigenvalue weighted by molar-refractivity contribution is -0.0445. The lowest BCUT2D eigenvalue weighted by Gasteiger charge is -2.43. The van der Waals surface area contributed by atoms with Gasteiger partial charge >= 0.3 is 0 Å². The van der Waals surface area contributed by atoms with Crippen molar-refractivity contribution in [2.75, 3.05) is 19.6 Å². The first-order chi connectivity index (χ1) is 7.29. The topological polar surface area (TPSA) is 35.5 Å². The van der Waals surface area contributed by atoms with Crippen LogP contribution in [0.1, 0.15) is 39.0 Å². The molecule has 2 fully saturated rings. The monoisotopic (exact) mass is 212 g/mol. The Morgan fingerprint density at radius 1 is 1.27 bits per heavy atom. The highest BCUT2D eigenvalue weighted by Crippen LogP contribution is 2.30. The predicted molar refractivity (Wildman–Crippen MR) is 61.6 cm³/mol. The highest BCUT2D eigenvalue weighted by molar-refractivity contribution is 4.87. The van der Waals surface area contributed by atoms with Gasteiger partial charge in [-0.25, -0.2) is 0 Å². The Bertz CT molecular complexity index is 190. The molecule has 0 amide bonds. The zero-order chi connectivity index (χ0) is 10.7. The second-order valence-electron chi connectivity index (χ2n) is 5.04. The molecule has 2 N–H and O–H groups in total. The molecule has 0 radical (unpaired) electrons. The molecule has 88 valence electrons. The van der Waals surface area contributed by atoms with E-state index in [9.17, 15) is 5.11 Å². The van der Waals surface area contributed by atoms with Crippen LogP contribution in [0.5, 0.6) is 0 Å². The van der Waals surface area contributed by atoms with E-state index < -0.39 is 0 Å². The van der Waals surface area contributed by atoms with E-state index in [1.165, 1.54) is 32.1 Å². The summed E-state index contributed by atoms with van der Waals surface area (Å²) < 4.78 is 0. The summed E-state index contributed by atoms with van der Waals surface area (Å²) in [5.74, 6) is 0.807. The number of hydrogen-bond donors (Lipinski definition) is 2. The molecule has 2 rings (SSSR count). The van der Waals surface area contributed by atoms with Crippen LogP contribution in [0, 0.1) is 5.92 Å². The van der Waals surface area contributed by atoms with E-state index in [-0.39, 0.29) is 6.23 Å². The van der Waals surface area contributed by atoms with Crippen molar-refractivity contribution < 1.29 is 5.11 Å². The summed E-state index contributed by atoms with van der Waals surface area (Å²) in [4.78, 5) is 2.28. The number of hydrogen-bond acceptors (Lipinski definition) is 3. The molecule has 0 bridgehead atoms. The van der Waals surface area contributed by atoms with Crippen molar-refractivity contribution in [2.45, 2.75) is 51.3 Å². The van der Waals surface area contributed by atoms with Gasteiger partial charge in [0.1, 0.15) is 6.23 Å². The average Bonchev–Trinajstić information content (AvgIpc) is 2.30. The summed E-state index contributed by atoms with van der Waals surface area (Å²) in [6.45, 7) is 4.99. The first-order valence-electron chi connectivity index (χ1n) is 6.43. The van der Waals surface area contributed by atoms with E-state index >= 15 is 0 Å². The third-order valence-electron chi connectivity index (χ3n) is 4.00. The fourth-order valence-electron chi connectivity index (χ4n) is 3.16. The van der Waals surface area contributed by atoms with Crippen LogP contribution < -0.4 is 5.32 Å². The molecule has 0 spiro atoms. The molecule has 1 saturated carbocycles. The molecule has 2 atom stereocenters. The molecule has 1 aliphatic heterocycles. The van der Waals surface area contributed by atoms with E-state index in [4.69, 9.17) is 0 Å². The molecule has 0 aromatic rings. The highest BCUT2D eigenvalue weighted by Gasteiger charge is 2.32. The average molecular weight is 212 g/mol. The molecule has 3 nitrogen and oxygen atoms in total. The van der Waals surface area contributed by atoms with Crippen molar-refractivity contribution in [1.82, 2.24) is 10.2 Å². The third-order valence-corrected chi connectivity index (χ3v) is 4.00. The van der Waals surface area contributed by atoms with Crippen molar-refractivity contribution in [3.63, 3.8) is 0 Å². The number of nitrogens with zero attached hydrogens (tertiary/aromatic N) is 1. The summed E-state index contributed by atoms with van der Waals surface area (Å²) in [7, 11) is 0. The lowest BCUT2D eigenvalue weighted by Crippen LogP contribution is -2.57. The summed E-state index contributed by atoms with van der Waals surface area (Å²) >= 11 is 0. The van der Waals surface area contributed by atoms with Crippen LogP contribution >= 0.6 is 0 Å². The van der Waals surface area contributed by atoms with Gasteiger partial charge in [-0.05, 0) is 25.7 Å². The van der Waals surface area contributed by atoms with Gasteiger partial charge in [0.15, 0.2) is 0 Å². The maximum absolute atomic E-state index is 9.78. The molecule has 1 heterocycles. The smallest absolute Gasteiger partial charge is 0.104 e. The van der Waals surface area contributed by atoms with E-state index in [0.29, 0.717) is 6.04 Å². The van der Waals surface area contributed by atoms with Gasteiger partial charge in [-0.15, -0.1) is 0 Å². The molecule has 3 heteroatoms. The number of aliphatic hydroxyl groups excluding tert-OH is 1. The summed E-state index contributed by atoms with van der Waals surface area (Å²) in [5, 5.41) is 13.2. The molecule has 0 aromatic carbocycles. The molecule has 0 aromatic heterocycles. The Balaban J connectivity index is 1.96. The number of aliphatic hydroxyl groups is 1. The predicted octanol–water partition coefficient (Wildman–Crippen LogP) is 1.18. The number of rotatable bonds is 2. The van der Waals surface area contributed by atoms with Gasteiger partial charge in [0.25, 0.3) is 0 Å². The van der Waals surface area contributed by atoms with Crippen LogP contribution in [-0.4, -0.2) is 41.9 Å². The molecule has 2 unspecified atom stereocenters. The normalized spacial score (nSPS) is 32.8. The van der Waals surface area contributed by atoms with Gasteiger partial charge in [-0.2, -0.15) is 0 Å². The van der Waals surface area contributed by atoms with Gasteiger partial charge in [0.2, 0.25) is 0 Å². The minimum atomic E-state index is -0.279. The highest BCUT2D eigenvalue weighted by atomic mass is 16.3.